The molecule has 1 amide bonds. The molecule has 8 heteroatoms. The minimum atomic E-state index is -1.17. The van der Waals surface area contributed by atoms with Gasteiger partial charge >= 0.3 is 0 Å². The van der Waals surface area contributed by atoms with E-state index in [4.69, 9.17) is 9.47 Å². The summed E-state index contributed by atoms with van der Waals surface area (Å²) in [5, 5.41) is 11.2. The minimum Gasteiger partial charge on any atom is -0.507 e. The second kappa shape index (κ2) is 9.35. The lowest BCUT2D eigenvalue weighted by Gasteiger charge is -2.25. The highest BCUT2D eigenvalue weighted by Crippen LogP contribution is 2.43. The Morgan fingerprint density at radius 1 is 1.00 bits per heavy atom. The number of para-hydroxylation sites is 1. The molecule has 1 heterocycles. The molecule has 3 aromatic rings. The highest BCUT2D eigenvalue weighted by molar-refractivity contribution is 6.51. The molecule has 174 valence electrons. The van der Waals surface area contributed by atoms with Crippen LogP contribution in [-0.2, 0) is 9.59 Å². The summed E-state index contributed by atoms with van der Waals surface area (Å²) >= 11 is 0. The lowest BCUT2D eigenvalue weighted by molar-refractivity contribution is -0.132. The van der Waals surface area contributed by atoms with Gasteiger partial charge < -0.3 is 14.6 Å². The normalized spacial score (nSPS) is 17.2. The third kappa shape index (κ3) is 3.98. The topological polar surface area (TPSA) is 76.1 Å². The van der Waals surface area contributed by atoms with E-state index in [1.165, 1.54) is 13.2 Å². The number of carbonyl (C=O) groups excluding carboxylic acids is 2. The third-order valence-electron chi connectivity index (χ3n) is 5.49. The Hall–Kier alpha value is -4.20. The lowest BCUT2D eigenvalue weighted by atomic mass is 9.94. The molecule has 6 nitrogen and oxygen atoms in total. The Labute approximate surface area is 194 Å². The van der Waals surface area contributed by atoms with Crippen LogP contribution in [0.25, 0.3) is 5.76 Å². The van der Waals surface area contributed by atoms with Gasteiger partial charge in [-0.3, -0.25) is 14.5 Å². The van der Waals surface area contributed by atoms with Crippen LogP contribution in [0.5, 0.6) is 11.5 Å². The molecule has 1 aliphatic heterocycles. The van der Waals surface area contributed by atoms with E-state index in [1.807, 2.05) is 6.92 Å². The molecule has 1 fully saturated rings. The number of carbonyl (C=O) groups is 2. The van der Waals surface area contributed by atoms with Gasteiger partial charge in [-0.05, 0) is 48.9 Å². The van der Waals surface area contributed by atoms with Crippen molar-refractivity contribution in [2.75, 3.05) is 18.6 Å². The van der Waals surface area contributed by atoms with E-state index in [0.29, 0.717) is 23.7 Å². The number of aliphatic hydroxyl groups excluding tert-OH is 1. The number of amides is 1. The van der Waals surface area contributed by atoms with Crippen molar-refractivity contribution >= 4 is 23.1 Å². The molecule has 1 unspecified atom stereocenters. The summed E-state index contributed by atoms with van der Waals surface area (Å²) in [4.78, 5) is 27.3. The van der Waals surface area contributed by atoms with E-state index in [2.05, 4.69) is 0 Å². The minimum absolute atomic E-state index is 0.0287. The lowest BCUT2D eigenvalue weighted by Crippen LogP contribution is -2.29. The van der Waals surface area contributed by atoms with Crippen LogP contribution in [0.2, 0.25) is 0 Å². The number of methoxy groups -OCH3 is 1. The van der Waals surface area contributed by atoms with Gasteiger partial charge in [0, 0.05) is 11.8 Å². The SMILES string of the molecule is CCOc1ccc(C2/C(=C(\O)c3ccccc3OC)C(=O)C(=O)N2c2ccc(F)c(F)c2)cc1. The molecule has 0 aromatic heterocycles. The fourth-order valence-electron chi connectivity index (χ4n) is 3.95. The van der Waals surface area contributed by atoms with Gasteiger partial charge in [0.15, 0.2) is 11.6 Å². The smallest absolute Gasteiger partial charge is 0.300 e. The average molecular weight is 465 g/mol. The number of ketones is 1. The molecule has 4 rings (SSSR count). The zero-order chi connectivity index (χ0) is 24.4. The summed E-state index contributed by atoms with van der Waals surface area (Å²) in [5.41, 5.74) is 0.440. The first-order valence-corrected chi connectivity index (χ1v) is 10.5. The number of Topliss-reactive ketones (excluding diaryl/α,β-unsaturated/α-hetero) is 1. The Morgan fingerprint density at radius 2 is 1.71 bits per heavy atom. The molecule has 1 atom stereocenters. The van der Waals surface area contributed by atoms with Crippen LogP contribution in [0, 0.1) is 11.6 Å². The summed E-state index contributed by atoms with van der Waals surface area (Å²) in [6.07, 6.45) is 0. The predicted molar refractivity (Wildman–Crippen MR) is 122 cm³/mol. The van der Waals surface area contributed by atoms with Crippen LogP contribution in [0.3, 0.4) is 0 Å². The van der Waals surface area contributed by atoms with E-state index >= 15 is 0 Å². The van der Waals surface area contributed by atoms with Crippen molar-refractivity contribution in [1.29, 1.82) is 0 Å². The van der Waals surface area contributed by atoms with Gasteiger partial charge in [-0.1, -0.05) is 24.3 Å². The van der Waals surface area contributed by atoms with E-state index < -0.39 is 35.1 Å². The van der Waals surface area contributed by atoms with Gasteiger partial charge in [0.2, 0.25) is 0 Å². The summed E-state index contributed by atoms with van der Waals surface area (Å²) in [5.74, 6) is -3.79. The molecule has 1 N–H and O–H groups in total. The van der Waals surface area contributed by atoms with Crippen molar-refractivity contribution in [2.24, 2.45) is 0 Å². The van der Waals surface area contributed by atoms with Gasteiger partial charge in [0.05, 0.1) is 30.9 Å². The first-order valence-electron chi connectivity index (χ1n) is 10.5. The van der Waals surface area contributed by atoms with Gasteiger partial charge in [-0.15, -0.1) is 0 Å². The van der Waals surface area contributed by atoms with E-state index in [1.54, 1.807) is 48.5 Å². The van der Waals surface area contributed by atoms with E-state index in [0.717, 1.165) is 17.0 Å². The number of rotatable bonds is 6. The summed E-state index contributed by atoms with van der Waals surface area (Å²) in [6.45, 7) is 2.28. The highest BCUT2D eigenvalue weighted by Gasteiger charge is 2.47. The highest BCUT2D eigenvalue weighted by atomic mass is 19.2. The average Bonchev–Trinajstić information content (AvgIpc) is 3.11. The van der Waals surface area contributed by atoms with Crippen molar-refractivity contribution in [3.05, 3.63) is 95.1 Å². The van der Waals surface area contributed by atoms with Crippen molar-refractivity contribution in [3.63, 3.8) is 0 Å². The van der Waals surface area contributed by atoms with E-state index in [-0.39, 0.29) is 16.8 Å². The number of benzene rings is 3. The molecule has 1 saturated heterocycles. The van der Waals surface area contributed by atoms with Crippen LogP contribution in [0.4, 0.5) is 14.5 Å². The predicted octanol–water partition coefficient (Wildman–Crippen LogP) is 5.00. The number of anilines is 1. The zero-order valence-electron chi connectivity index (χ0n) is 18.4. The van der Waals surface area contributed by atoms with Gasteiger partial charge in [-0.2, -0.15) is 0 Å². The van der Waals surface area contributed by atoms with Crippen molar-refractivity contribution in [1.82, 2.24) is 0 Å². The monoisotopic (exact) mass is 465 g/mol. The van der Waals surface area contributed by atoms with E-state index in [9.17, 15) is 23.5 Å². The van der Waals surface area contributed by atoms with Crippen LogP contribution >= 0.6 is 0 Å². The Morgan fingerprint density at radius 3 is 2.35 bits per heavy atom. The quantitative estimate of drug-likeness (QED) is 0.315. The van der Waals surface area contributed by atoms with Crippen molar-refractivity contribution < 1.29 is 33.0 Å². The fourth-order valence-corrected chi connectivity index (χ4v) is 3.95. The van der Waals surface area contributed by atoms with Crippen molar-refractivity contribution in [3.8, 4) is 11.5 Å². The molecule has 0 saturated carbocycles. The first kappa shape index (κ1) is 23.0. The molecule has 3 aromatic carbocycles. The first-order chi connectivity index (χ1) is 16.4. The second-order valence-electron chi connectivity index (χ2n) is 7.47. The summed E-state index contributed by atoms with van der Waals surface area (Å²) in [7, 11) is 1.41. The molecule has 0 aliphatic carbocycles. The molecule has 34 heavy (non-hydrogen) atoms. The summed E-state index contributed by atoms with van der Waals surface area (Å²) in [6, 6.07) is 14.9. The summed E-state index contributed by atoms with van der Waals surface area (Å²) < 4.78 is 38.4. The van der Waals surface area contributed by atoms with Crippen LogP contribution < -0.4 is 14.4 Å². The third-order valence-corrected chi connectivity index (χ3v) is 5.49. The molecular weight excluding hydrogens is 444 g/mol. The molecule has 1 aliphatic rings. The molecular formula is C26H21F2NO5. The largest absolute Gasteiger partial charge is 0.507 e. The van der Waals surface area contributed by atoms with Gasteiger partial charge in [0.25, 0.3) is 11.7 Å². The number of halogens is 2. The number of hydrogen-bond acceptors (Lipinski definition) is 5. The standard InChI is InChI=1S/C26H21F2NO5/c1-3-34-17-11-8-15(9-12-17)23-22(24(30)18-6-4-5-7-21(18)33-2)25(31)26(32)29(23)16-10-13-19(27)20(28)14-16/h4-14,23,30H,3H2,1-2H3/b24-22+. The fraction of sp³-hybridized carbons (Fsp3) is 0.154. The maximum Gasteiger partial charge on any atom is 0.300 e. The Kier molecular flexibility index (Phi) is 6.32. The van der Waals surface area contributed by atoms with Gasteiger partial charge in [-0.25, -0.2) is 8.78 Å². The number of hydrogen-bond donors (Lipinski definition) is 1. The van der Waals surface area contributed by atoms with Gasteiger partial charge in [0.1, 0.15) is 17.3 Å². The van der Waals surface area contributed by atoms with Crippen LogP contribution in [0.15, 0.2) is 72.3 Å². The molecule has 0 bridgehead atoms. The Balaban J connectivity index is 1.94. The number of aliphatic hydroxyl groups is 1. The number of nitrogens with zero attached hydrogens (tertiary/aromatic N) is 1. The second-order valence-corrected chi connectivity index (χ2v) is 7.47. The van der Waals surface area contributed by atoms with Crippen LogP contribution in [-0.4, -0.2) is 30.5 Å². The maximum absolute atomic E-state index is 14.1. The van der Waals surface area contributed by atoms with Crippen molar-refractivity contribution in [2.45, 2.75) is 13.0 Å². The molecule has 0 radical (unpaired) electrons. The Bertz CT molecular complexity index is 1290. The zero-order valence-corrected chi connectivity index (χ0v) is 18.4. The maximum atomic E-state index is 14.1. The molecule has 0 spiro atoms. The number of ether oxygens (including phenoxy) is 2. The van der Waals surface area contributed by atoms with Crippen LogP contribution in [0.1, 0.15) is 24.1 Å².